The van der Waals surface area contributed by atoms with E-state index in [4.69, 9.17) is 10.00 Å². The molecule has 3 N–H and O–H groups in total. The fraction of sp³-hybridized carbons (Fsp3) is 0.333. The maximum Gasteiger partial charge on any atom is 0.337 e. The van der Waals surface area contributed by atoms with Crippen molar-refractivity contribution in [2.45, 2.75) is 12.8 Å². The van der Waals surface area contributed by atoms with E-state index in [0.29, 0.717) is 35.7 Å². The zero-order valence-electron chi connectivity index (χ0n) is 16.8. The van der Waals surface area contributed by atoms with E-state index in [2.05, 4.69) is 31.9 Å². The van der Waals surface area contributed by atoms with E-state index in [1.54, 1.807) is 30.5 Å². The van der Waals surface area contributed by atoms with Gasteiger partial charge in [-0.1, -0.05) is 0 Å². The minimum atomic E-state index is -0.459. The van der Waals surface area contributed by atoms with Gasteiger partial charge in [-0.25, -0.2) is 14.6 Å². The minimum absolute atomic E-state index is 0.322. The van der Waals surface area contributed by atoms with Crippen LogP contribution in [0.5, 0.6) is 0 Å². The van der Waals surface area contributed by atoms with Gasteiger partial charge in [0.1, 0.15) is 11.9 Å². The van der Waals surface area contributed by atoms with Crippen molar-refractivity contribution >= 4 is 29.2 Å². The van der Waals surface area contributed by atoms with Crippen LogP contribution in [0.25, 0.3) is 0 Å². The van der Waals surface area contributed by atoms with E-state index in [1.165, 1.54) is 7.11 Å². The second-order valence-electron chi connectivity index (χ2n) is 6.74. The van der Waals surface area contributed by atoms with Crippen molar-refractivity contribution in [3.05, 3.63) is 47.7 Å². The molecule has 2 aromatic rings. The van der Waals surface area contributed by atoms with E-state index in [9.17, 15) is 9.59 Å². The summed E-state index contributed by atoms with van der Waals surface area (Å²) in [6, 6.07) is 10.2. The van der Waals surface area contributed by atoms with Gasteiger partial charge in [-0.15, -0.1) is 0 Å². The van der Waals surface area contributed by atoms with E-state index in [-0.39, 0.29) is 6.03 Å². The fourth-order valence-electron chi connectivity index (χ4n) is 3.27. The molecule has 9 heteroatoms. The molecular weight excluding hydrogens is 384 g/mol. The molecule has 2 amide bonds. The average Bonchev–Trinajstić information content (AvgIpc) is 3.31. The summed E-state index contributed by atoms with van der Waals surface area (Å²) < 4.78 is 4.78. The predicted molar refractivity (Wildman–Crippen MR) is 114 cm³/mol. The standard InChI is InChI=1S/C21H24N6O3/c1-30-20(28)15-6-7-18(27-11-2-3-12-27)17(13-15)26-21(29)25-10-9-24-19-16(14-22)5-4-8-23-19/h4-8,13H,2-3,9-12H2,1H3,(H,23,24)(H2,25,26,29). The van der Waals surface area contributed by atoms with E-state index in [0.717, 1.165) is 31.6 Å². The first-order valence-electron chi connectivity index (χ1n) is 9.73. The van der Waals surface area contributed by atoms with Gasteiger partial charge in [-0.3, -0.25) is 0 Å². The molecule has 3 rings (SSSR count). The molecule has 0 atom stereocenters. The second kappa shape index (κ2) is 10.1. The summed E-state index contributed by atoms with van der Waals surface area (Å²) in [5.74, 6) is 0.0172. The van der Waals surface area contributed by atoms with Gasteiger partial charge >= 0.3 is 12.0 Å². The third kappa shape index (κ3) is 5.17. The topological polar surface area (TPSA) is 119 Å². The van der Waals surface area contributed by atoms with Gasteiger partial charge in [0.25, 0.3) is 0 Å². The third-order valence-electron chi connectivity index (χ3n) is 4.74. The molecule has 1 fully saturated rings. The maximum atomic E-state index is 12.4. The Kier molecular flexibility index (Phi) is 7.05. The molecule has 0 saturated carbocycles. The number of methoxy groups -OCH3 is 1. The van der Waals surface area contributed by atoms with Gasteiger partial charge in [0.15, 0.2) is 0 Å². The number of nitrogens with zero attached hydrogens (tertiary/aromatic N) is 3. The summed E-state index contributed by atoms with van der Waals surface area (Å²) in [5.41, 5.74) is 2.25. The monoisotopic (exact) mass is 408 g/mol. The molecule has 0 radical (unpaired) electrons. The molecule has 156 valence electrons. The summed E-state index contributed by atoms with van der Waals surface area (Å²) in [6.45, 7) is 2.54. The Hall–Kier alpha value is -3.80. The number of aromatic nitrogens is 1. The lowest BCUT2D eigenvalue weighted by Crippen LogP contribution is -2.33. The van der Waals surface area contributed by atoms with Crippen molar-refractivity contribution in [3.8, 4) is 6.07 Å². The van der Waals surface area contributed by atoms with Crippen molar-refractivity contribution in [2.75, 3.05) is 48.8 Å². The summed E-state index contributed by atoms with van der Waals surface area (Å²) in [6.07, 6.45) is 3.78. The highest BCUT2D eigenvalue weighted by Gasteiger charge is 2.19. The van der Waals surface area contributed by atoms with Crippen LogP contribution in [-0.4, -0.2) is 50.3 Å². The number of urea groups is 1. The van der Waals surface area contributed by atoms with Crippen molar-refractivity contribution in [1.82, 2.24) is 10.3 Å². The number of nitrogens with one attached hydrogen (secondary N) is 3. The van der Waals surface area contributed by atoms with Crippen LogP contribution in [0.1, 0.15) is 28.8 Å². The van der Waals surface area contributed by atoms with Gasteiger partial charge < -0.3 is 25.6 Å². The zero-order chi connectivity index (χ0) is 21.3. The Labute approximate surface area is 175 Å². The lowest BCUT2D eigenvalue weighted by molar-refractivity contribution is 0.0600. The predicted octanol–water partition coefficient (Wildman–Crippen LogP) is 2.57. The van der Waals surface area contributed by atoms with Gasteiger partial charge in [0.2, 0.25) is 0 Å². The molecule has 0 bridgehead atoms. The number of anilines is 3. The van der Waals surface area contributed by atoms with E-state index >= 15 is 0 Å². The summed E-state index contributed by atoms with van der Waals surface area (Å²) in [4.78, 5) is 30.6. The highest BCUT2D eigenvalue weighted by Crippen LogP contribution is 2.30. The number of hydrogen-bond acceptors (Lipinski definition) is 7. The highest BCUT2D eigenvalue weighted by atomic mass is 16.5. The van der Waals surface area contributed by atoms with Crippen molar-refractivity contribution in [1.29, 1.82) is 5.26 Å². The number of carbonyl (C=O) groups is 2. The molecule has 0 unspecified atom stereocenters. The second-order valence-corrected chi connectivity index (χ2v) is 6.74. The number of pyridine rings is 1. The Bertz CT molecular complexity index is 950. The molecule has 0 spiro atoms. The van der Waals surface area contributed by atoms with Gasteiger partial charge in [0.05, 0.1) is 29.6 Å². The third-order valence-corrected chi connectivity index (χ3v) is 4.74. The molecule has 2 heterocycles. The first-order valence-corrected chi connectivity index (χ1v) is 9.73. The number of esters is 1. The number of ether oxygens (including phenoxy) is 1. The SMILES string of the molecule is COC(=O)c1ccc(N2CCCC2)c(NC(=O)NCCNc2ncccc2C#N)c1. The van der Waals surface area contributed by atoms with Crippen LogP contribution >= 0.6 is 0 Å². The van der Waals surface area contributed by atoms with Gasteiger partial charge in [0, 0.05) is 32.4 Å². The van der Waals surface area contributed by atoms with Crippen LogP contribution in [-0.2, 0) is 4.74 Å². The van der Waals surface area contributed by atoms with Gasteiger partial charge in [-0.2, -0.15) is 5.26 Å². The molecular formula is C21H24N6O3. The van der Waals surface area contributed by atoms with Gasteiger partial charge in [-0.05, 0) is 43.2 Å². The Balaban J connectivity index is 1.60. The Morgan fingerprint density at radius 1 is 1.23 bits per heavy atom. The van der Waals surface area contributed by atoms with Crippen molar-refractivity contribution < 1.29 is 14.3 Å². The quantitative estimate of drug-likeness (QED) is 0.476. The first-order chi connectivity index (χ1) is 14.6. The molecule has 1 aromatic carbocycles. The number of amides is 2. The molecule has 1 aromatic heterocycles. The minimum Gasteiger partial charge on any atom is -0.465 e. The summed E-state index contributed by atoms with van der Waals surface area (Å²) in [7, 11) is 1.32. The number of rotatable bonds is 7. The number of nitriles is 1. The summed E-state index contributed by atoms with van der Waals surface area (Å²) in [5, 5.41) is 17.7. The molecule has 1 aliphatic heterocycles. The van der Waals surface area contributed by atoms with Crippen LogP contribution in [0.3, 0.4) is 0 Å². The molecule has 1 saturated heterocycles. The average molecular weight is 408 g/mol. The largest absolute Gasteiger partial charge is 0.465 e. The van der Waals surface area contributed by atoms with E-state index < -0.39 is 5.97 Å². The van der Waals surface area contributed by atoms with Crippen molar-refractivity contribution in [2.24, 2.45) is 0 Å². The molecule has 30 heavy (non-hydrogen) atoms. The summed E-state index contributed by atoms with van der Waals surface area (Å²) >= 11 is 0. The normalized spacial score (nSPS) is 12.7. The van der Waals surface area contributed by atoms with Crippen molar-refractivity contribution in [3.63, 3.8) is 0 Å². The number of hydrogen-bond donors (Lipinski definition) is 3. The molecule has 1 aliphatic rings. The number of carbonyl (C=O) groups excluding carboxylic acids is 2. The lowest BCUT2D eigenvalue weighted by Gasteiger charge is -2.22. The number of benzene rings is 1. The Morgan fingerprint density at radius 3 is 2.77 bits per heavy atom. The lowest BCUT2D eigenvalue weighted by atomic mass is 10.1. The molecule has 0 aliphatic carbocycles. The van der Waals surface area contributed by atoms with E-state index in [1.807, 2.05) is 6.07 Å². The highest BCUT2D eigenvalue weighted by molar-refractivity contribution is 5.97. The maximum absolute atomic E-state index is 12.4. The Morgan fingerprint density at radius 2 is 2.03 bits per heavy atom. The smallest absolute Gasteiger partial charge is 0.337 e. The van der Waals surface area contributed by atoms with Crippen LogP contribution in [0.4, 0.5) is 22.0 Å². The van der Waals surface area contributed by atoms with Crippen LogP contribution in [0.15, 0.2) is 36.5 Å². The zero-order valence-corrected chi connectivity index (χ0v) is 16.8. The first kappa shape index (κ1) is 20.9. The van der Waals surface area contributed by atoms with Crippen LogP contribution in [0.2, 0.25) is 0 Å². The van der Waals surface area contributed by atoms with Crippen LogP contribution in [0, 0.1) is 11.3 Å². The fourth-order valence-corrected chi connectivity index (χ4v) is 3.27. The van der Waals surface area contributed by atoms with Crippen LogP contribution < -0.4 is 20.9 Å². The molecule has 9 nitrogen and oxygen atoms in total.